The number of nitrogens with one attached hydrogen (secondary N) is 1. The number of halogens is 4. The van der Waals surface area contributed by atoms with Crippen LogP contribution in [0.15, 0.2) is 18.2 Å². The zero-order valence-corrected chi connectivity index (χ0v) is 9.72. The summed E-state index contributed by atoms with van der Waals surface area (Å²) in [7, 11) is 0. The van der Waals surface area contributed by atoms with E-state index in [1.165, 1.54) is 0 Å². The van der Waals surface area contributed by atoms with Crippen molar-refractivity contribution in [3.63, 3.8) is 0 Å². The van der Waals surface area contributed by atoms with Crippen LogP contribution in [-0.4, -0.2) is 23.7 Å². The third-order valence-electron chi connectivity index (χ3n) is 2.12. The topological polar surface area (TPSA) is 75.3 Å². The van der Waals surface area contributed by atoms with Gasteiger partial charge in [-0.25, -0.2) is 0 Å². The van der Waals surface area contributed by atoms with Crippen molar-refractivity contribution in [2.24, 2.45) is 5.73 Å². The molecule has 1 atom stereocenters. The van der Waals surface area contributed by atoms with Crippen LogP contribution < -0.4 is 11.1 Å². The van der Waals surface area contributed by atoms with E-state index >= 15 is 0 Å². The summed E-state index contributed by atoms with van der Waals surface area (Å²) in [6.45, 7) is -0.226. The summed E-state index contributed by atoms with van der Waals surface area (Å²) < 4.78 is 37.3. The maximum Gasteiger partial charge on any atom is 0.416 e. The smallest absolute Gasteiger partial charge is 0.416 e. The first-order valence-corrected chi connectivity index (χ1v) is 5.18. The van der Waals surface area contributed by atoms with Crippen LogP contribution in [0.1, 0.15) is 5.56 Å². The Bertz CT molecular complexity index is 451. The van der Waals surface area contributed by atoms with Gasteiger partial charge >= 0.3 is 12.1 Å². The van der Waals surface area contributed by atoms with Crippen LogP contribution in [0.25, 0.3) is 0 Å². The molecule has 1 unspecified atom stereocenters. The van der Waals surface area contributed by atoms with Gasteiger partial charge in [-0.1, -0.05) is 11.6 Å². The van der Waals surface area contributed by atoms with Gasteiger partial charge in [-0.05, 0) is 18.2 Å². The predicted molar refractivity (Wildman–Crippen MR) is 60.6 cm³/mol. The van der Waals surface area contributed by atoms with Crippen LogP contribution in [0.5, 0.6) is 0 Å². The lowest BCUT2D eigenvalue weighted by Gasteiger charge is -2.13. The van der Waals surface area contributed by atoms with Crippen molar-refractivity contribution in [1.29, 1.82) is 0 Å². The average Bonchev–Trinajstić information content (AvgIpc) is 2.25. The molecule has 0 bridgehead atoms. The molecule has 0 fully saturated rings. The molecule has 1 aromatic rings. The lowest BCUT2D eigenvalue weighted by molar-refractivity contribution is -0.138. The number of alkyl halides is 3. The van der Waals surface area contributed by atoms with Crippen molar-refractivity contribution in [2.45, 2.75) is 12.2 Å². The van der Waals surface area contributed by atoms with E-state index in [4.69, 9.17) is 22.4 Å². The van der Waals surface area contributed by atoms with Crippen LogP contribution >= 0.6 is 11.6 Å². The lowest BCUT2D eigenvalue weighted by Crippen LogP contribution is -2.37. The molecule has 0 saturated carbocycles. The summed E-state index contributed by atoms with van der Waals surface area (Å²) in [5.41, 5.74) is 4.32. The molecule has 0 spiro atoms. The summed E-state index contributed by atoms with van der Waals surface area (Å²) >= 11 is 5.69. The van der Waals surface area contributed by atoms with Crippen molar-refractivity contribution >= 4 is 23.3 Å². The minimum absolute atomic E-state index is 0.0109. The normalized spacial score (nSPS) is 13.2. The van der Waals surface area contributed by atoms with E-state index in [0.29, 0.717) is 0 Å². The number of rotatable bonds is 4. The van der Waals surface area contributed by atoms with Crippen LogP contribution in [0.3, 0.4) is 0 Å². The Kier molecular flexibility index (Phi) is 4.42. The Balaban J connectivity index is 2.85. The highest BCUT2D eigenvalue weighted by molar-refractivity contribution is 6.33. The number of hydrogen-bond donors (Lipinski definition) is 3. The highest BCUT2D eigenvalue weighted by Gasteiger charge is 2.31. The van der Waals surface area contributed by atoms with E-state index in [9.17, 15) is 18.0 Å². The van der Waals surface area contributed by atoms with E-state index in [1.54, 1.807) is 0 Å². The second-order valence-corrected chi connectivity index (χ2v) is 3.93. The van der Waals surface area contributed by atoms with Crippen molar-refractivity contribution in [3.05, 3.63) is 28.8 Å². The molecule has 0 aliphatic heterocycles. The first kappa shape index (κ1) is 14.6. The van der Waals surface area contributed by atoms with Gasteiger partial charge in [-0.2, -0.15) is 13.2 Å². The quantitative estimate of drug-likeness (QED) is 0.791. The summed E-state index contributed by atoms with van der Waals surface area (Å²) in [5, 5.41) is 11.1. The number of hydrogen-bond acceptors (Lipinski definition) is 3. The van der Waals surface area contributed by atoms with Crippen molar-refractivity contribution in [3.8, 4) is 0 Å². The van der Waals surface area contributed by atoms with Gasteiger partial charge in [-0.3, -0.25) is 4.79 Å². The molecule has 18 heavy (non-hydrogen) atoms. The first-order chi connectivity index (χ1) is 8.21. The second kappa shape index (κ2) is 5.45. The van der Waals surface area contributed by atoms with Gasteiger partial charge in [0.25, 0.3) is 0 Å². The molecule has 4 N–H and O–H groups in total. The predicted octanol–water partition coefficient (Wildman–Crippen LogP) is 2.18. The van der Waals surface area contributed by atoms with E-state index in [2.05, 4.69) is 5.32 Å². The Morgan fingerprint density at radius 3 is 2.61 bits per heavy atom. The number of aliphatic carboxylic acids is 1. The Morgan fingerprint density at radius 1 is 1.50 bits per heavy atom. The number of nitrogens with two attached hydrogens (primary N) is 1. The Labute approximate surface area is 106 Å². The molecule has 1 rings (SSSR count). The van der Waals surface area contributed by atoms with Crippen molar-refractivity contribution < 1.29 is 23.1 Å². The van der Waals surface area contributed by atoms with Gasteiger partial charge in [-0.15, -0.1) is 0 Å². The molecule has 0 heterocycles. The van der Waals surface area contributed by atoms with E-state index in [1.807, 2.05) is 0 Å². The molecule has 4 nitrogen and oxygen atoms in total. The van der Waals surface area contributed by atoms with Gasteiger partial charge < -0.3 is 16.2 Å². The van der Waals surface area contributed by atoms with Crippen molar-refractivity contribution in [1.82, 2.24) is 0 Å². The molecule has 8 heteroatoms. The fourth-order valence-electron chi connectivity index (χ4n) is 1.14. The van der Waals surface area contributed by atoms with E-state index < -0.39 is 23.8 Å². The third kappa shape index (κ3) is 3.78. The van der Waals surface area contributed by atoms with Crippen LogP contribution in [-0.2, 0) is 11.0 Å². The van der Waals surface area contributed by atoms with Gasteiger partial charge in [0.05, 0.1) is 16.3 Å². The summed E-state index contributed by atoms with van der Waals surface area (Å²) in [5.74, 6) is -1.26. The summed E-state index contributed by atoms with van der Waals surface area (Å²) in [4.78, 5) is 10.5. The molecular weight excluding hydrogens is 273 g/mol. The maximum absolute atomic E-state index is 12.4. The highest BCUT2D eigenvalue weighted by atomic mass is 35.5. The standard InChI is InChI=1S/C10H10ClF3N2O2/c11-6-2-1-5(10(12,13)14)3-8(6)16-4-7(15)9(17)18/h1-3,7,16H,4,15H2,(H,17,18). The molecule has 0 aromatic heterocycles. The van der Waals surface area contributed by atoms with Crippen molar-refractivity contribution in [2.75, 3.05) is 11.9 Å². The number of anilines is 1. The molecule has 1 aromatic carbocycles. The van der Waals surface area contributed by atoms with E-state index in [-0.39, 0.29) is 17.3 Å². The number of carboxylic acid groups (broad SMARTS) is 1. The lowest BCUT2D eigenvalue weighted by atomic mass is 10.2. The van der Waals surface area contributed by atoms with Gasteiger partial charge in [0.15, 0.2) is 0 Å². The monoisotopic (exact) mass is 282 g/mol. The molecule has 100 valence electrons. The molecule has 0 radical (unpaired) electrons. The van der Waals surface area contributed by atoms with Gasteiger partial charge in [0.2, 0.25) is 0 Å². The van der Waals surface area contributed by atoms with Gasteiger partial charge in [0, 0.05) is 6.54 Å². The highest BCUT2D eigenvalue weighted by Crippen LogP contribution is 2.33. The molecule has 0 aliphatic carbocycles. The number of benzene rings is 1. The SMILES string of the molecule is NC(CNc1cc(C(F)(F)F)ccc1Cl)C(=O)O. The molecule has 0 amide bonds. The Hall–Kier alpha value is -1.47. The number of carbonyl (C=O) groups is 1. The molecular formula is C10H10ClF3N2O2. The molecule has 0 aliphatic rings. The summed E-state index contributed by atoms with van der Waals surface area (Å²) in [6, 6.07) is 1.50. The summed E-state index contributed by atoms with van der Waals surface area (Å²) in [6.07, 6.45) is -4.49. The first-order valence-electron chi connectivity index (χ1n) is 4.81. The minimum Gasteiger partial charge on any atom is -0.480 e. The molecule has 0 saturated heterocycles. The zero-order chi connectivity index (χ0) is 13.9. The van der Waals surface area contributed by atoms with Crippen LogP contribution in [0, 0.1) is 0 Å². The van der Waals surface area contributed by atoms with Crippen LogP contribution in [0.2, 0.25) is 5.02 Å². The third-order valence-corrected chi connectivity index (χ3v) is 2.45. The largest absolute Gasteiger partial charge is 0.480 e. The second-order valence-electron chi connectivity index (χ2n) is 3.52. The maximum atomic E-state index is 12.4. The van der Waals surface area contributed by atoms with Crippen LogP contribution in [0.4, 0.5) is 18.9 Å². The minimum atomic E-state index is -4.49. The fourth-order valence-corrected chi connectivity index (χ4v) is 1.33. The van der Waals surface area contributed by atoms with Gasteiger partial charge in [0.1, 0.15) is 6.04 Å². The zero-order valence-electron chi connectivity index (χ0n) is 8.96. The number of carboxylic acids is 1. The van der Waals surface area contributed by atoms with E-state index in [0.717, 1.165) is 18.2 Å². The Morgan fingerprint density at radius 2 is 2.11 bits per heavy atom. The average molecular weight is 283 g/mol. The fraction of sp³-hybridized carbons (Fsp3) is 0.300.